The second kappa shape index (κ2) is 6.17. The summed E-state index contributed by atoms with van der Waals surface area (Å²) in [5, 5.41) is 0. The molecule has 4 rings (SSSR count). The van der Waals surface area contributed by atoms with Crippen molar-refractivity contribution >= 4 is 23.9 Å². The number of carbonyl (C=O) groups excluding carboxylic acids is 4. The fourth-order valence-corrected chi connectivity index (χ4v) is 6.37. The molecular formula is C20H24O7. The van der Waals surface area contributed by atoms with Gasteiger partial charge in [-0.25, -0.2) is 0 Å². The van der Waals surface area contributed by atoms with Crippen LogP contribution in [0.15, 0.2) is 11.1 Å². The van der Waals surface area contributed by atoms with Crippen molar-refractivity contribution in [3.05, 3.63) is 11.1 Å². The average molecular weight is 376 g/mol. The van der Waals surface area contributed by atoms with Gasteiger partial charge in [0.15, 0.2) is 5.41 Å². The van der Waals surface area contributed by atoms with Gasteiger partial charge in [0, 0.05) is 5.92 Å². The predicted molar refractivity (Wildman–Crippen MR) is 90.8 cm³/mol. The summed E-state index contributed by atoms with van der Waals surface area (Å²) < 4.78 is 15.1. The molecule has 7 nitrogen and oxygen atoms in total. The third kappa shape index (κ3) is 2.14. The molecule has 1 heterocycles. The lowest BCUT2D eigenvalue weighted by atomic mass is 9.60. The van der Waals surface area contributed by atoms with Crippen molar-refractivity contribution in [3.63, 3.8) is 0 Å². The van der Waals surface area contributed by atoms with Gasteiger partial charge in [-0.1, -0.05) is 24.0 Å². The smallest absolute Gasteiger partial charge is 0.324 e. The van der Waals surface area contributed by atoms with Crippen LogP contribution >= 0.6 is 0 Å². The minimum atomic E-state index is -1.60. The molecule has 3 aliphatic carbocycles. The monoisotopic (exact) mass is 376 g/mol. The van der Waals surface area contributed by atoms with Crippen LogP contribution in [-0.4, -0.2) is 38.1 Å². The third-order valence-corrected chi connectivity index (χ3v) is 7.21. The first-order chi connectivity index (χ1) is 12.9. The summed E-state index contributed by atoms with van der Waals surface area (Å²) in [5.74, 6) is -5.05. The van der Waals surface area contributed by atoms with Gasteiger partial charge in [0.1, 0.15) is 0 Å². The van der Waals surface area contributed by atoms with Crippen LogP contribution in [0.3, 0.4) is 0 Å². The van der Waals surface area contributed by atoms with Gasteiger partial charge < -0.3 is 14.2 Å². The van der Waals surface area contributed by atoms with Crippen molar-refractivity contribution in [2.75, 3.05) is 14.2 Å². The molecule has 146 valence electrons. The number of cyclic esters (lactones) is 2. The molecule has 0 aromatic heterocycles. The van der Waals surface area contributed by atoms with Crippen LogP contribution < -0.4 is 0 Å². The summed E-state index contributed by atoms with van der Waals surface area (Å²) in [6.45, 7) is 1.94. The Balaban J connectivity index is 2.00. The third-order valence-electron chi connectivity index (χ3n) is 7.21. The number of rotatable bonds is 2. The Morgan fingerprint density at radius 1 is 1.00 bits per heavy atom. The van der Waals surface area contributed by atoms with Gasteiger partial charge >= 0.3 is 23.9 Å². The lowest BCUT2D eigenvalue weighted by Gasteiger charge is -2.39. The summed E-state index contributed by atoms with van der Waals surface area (Å²) in [6.07, 6.45) is 3.86. The lowest BCUT2D eigenvalue weighted by Crippen LogP contribution is -2.53. The first-order valence-electron chi connectivity index (χ1n) is 9.51. The molecule has 2 saturated carbocycles. The number of hydrogen-bond donors (Lipinski definition) is 0. The standard InChI is InChI=1S/C20H24O7/c1-9-8-11-14(17(22)27-16(11)21)15-13(9)10-6-4-5-7-12(10)20(15,18(23)25-2)19(24)26-3/h10-12,14-15H,4-8H2,1-3H3/t10-,11+,12+,14+,15-/m1/s1. The maximum absolute atomic E-state index is 13.1. The largest absolute Gasteiger partial charge is 0.468 e. The summed E-state index contributed by atoms with van der Waals surface area (Å²) >= 11 is 0. The zero-order valence-corrected chi connectivity index (χ0v) is 15.8. The number of fused-ring (bicyclic) bond motifs is 5. The topological polar surface area (TPSA) is 96.0 Å². The molecule has 1 aliphatic heterocycles. The molecule has 0 amide bonds. The van der Waals surface area contributed by atoms with Crippen LogP contribution in [0.1, 0.15) is 39.0 Å². The molecule has 0 aromatic rings. The molecular weight excluding hydrogens is 352 g/mol. The highest BCUT2D eigenvalue weighted by atomic mass is 16.6. The Bertz CT molecular complexity index is 748. The molecule has 7 heteroatoms. The molecule has 0 N–H and O–H groups in total. The van der Waals surface area contributed by atoms with E-state index in [0.29, 0.717) is 12.8 Å². The zero-order chi connectivity index (χ0) is 19.5. The summed E-state index contributed by atoms with van der Waals surface area (Å²) in [4.78, 5) is 51.2. The molecule has 0 aromatic carbocycles. The number of ether oxygens (including phenoxy) is 3. The highest BCUT2D eigenvalue weighted by molar-refractivity contribution is 6.05. The summed E-state index contributed by atoms with van der Waals surface area (Å²) in [7, 11) is 2.50. The van der Waals surface area contributed by atoms with Gasteiger partial charge in [-0.15, -0.1) is 0 Å². The highest BCUT2D eigenvalue weighted by Gasteiger charge is 2.73. The van der Waals surface area contributed by atoms with Crippen LogP contribution in [0.5, 0.6) is 0 Å². The van der Waals surface area contributed by atoms with Crippen LogP contribution in [0.2, 0.25) is 0 Å². The molecule has 27 heavy (non-hydrogen) atoms. The van der Waals surface area contributed by atoms with Crippen molar-refractivity contribution in [2.24, 2.45) is 35.0 Å². The Morgan fingerprint density at radius 3 is 2.26 bits per heavy atom. The molecule has 4 aliphatic rings. The Kier molecular flexibility index (Phi) is 4.16. The minimum Gasteiger partial charge on any atom is -0.468 e. The van der Waals surface area contributed by atoms with Gasteiger partial charge in [0.25, 0.3) is 0 Å². The molecule has 5 atom stereocenters. The van der Waals surface area contributed by atoms with Gasteiger partial charge in [-0.3, -0.25) is 19.2 Å². The van der Waals surface area contributed by atoms with E-state index in [1.165, 1.54) is 14.2 Å². The van der Waals surface area contributed by atoms with Crippen LogP contribution in [0.25, 0.3) is 0 Å². The van der Waals surface area contributed by atoms with E-state index in [1.807, 2.05) is 6.92 Å². The van der Waals surface area contributed by atoms with Crippen molar-refractivity contribution in [1.82, 2.24) is 0 Å². The second-order valence-electron chi connectivity index (χ2n) is 8.14. The lowest BCUT2D eigenvalue weighted by molar-refractivity contribution is -0.179. The van der Waals surface area contributed by atoms with E-state index >= 15 is 0 Å². The van der Waals surface area contributed by atoms with Gasteiger partial charge in [-0.05, 0) is 38.0 Å². The first-order valence-corrected chi connectivity index (χ1v) is 9.51. The summed E-state index contributed by atoms with van der Waals surface area (Å²) in [5.41, 5.74) is 0.362. The van der Waals surface area contributed by atoms with Crippen LogP contribution in [0, 0.1) is 35.0 Å². The number of allylic oxidation sites excluding steroid dienone is 2. The van der Waals surface area contributed by atoms with Crippen molar-refractivity contribution in [3.8, 4) is 0 Å². The SMILES string of the molecule is COC(=O)C1(C(=O)OC)[C@@H]2C(=C(C)C[C@@H]3C(=O)OC(=O)[C@@H]32)[C@@H]2CCCC[C@@H]21. The fourth-order valence-electron chi connectivity index (χ4n) is 6.37. The second-order valence-corrected chi connectivity index (χ2v) is 8.14. The fraction of sp³-hybridized carbons (Fsp3) is 0.700. The van der Waals surface area contributed by atoms with E-state index in [-0.39, 0.29) is 11.8 Å². The first kappa shape index (κ1) is 18.2. The molecule has 0 unspecified atom stereocenters. The maximum Gasteiger partial charge on any atom is 0.324 e. The number of methoxy groups -OCH3 is 2. The van der Waals surface area contributed by atoms with Gasteiger partial charge in [0.05, 0.1) is 26.1 Å². The van der Waals surface area contributed by atoms with Crippen molar-refractivity contribution in [1.29, 1.82) is 0 Å². The van der Waals surface area contributed by atoms with Crippen LogP contribution in [0.4, 0.5) is 0 Å². The Hall–Kier alpha value is -2.18. The van der Waals surface area contributed by atoms with Crippen molar-refractivity contribution < 1.29 is 33.4 Å². The number of carbonyl (C=O) groups is 4. The van der Waals surface area contributed by atoms with Crippen LogP contribution in [-0.2, 0) is 33.4 Å². The van der Waals surface area contributed by atoms with E-state index in [4.69, 9.17) is 14.2 Å². The molecule has 1 saturated heterocycles. The molecule has 0 spiro atoms. The predicted octanol–water partition coefficient (Wildman–Crippen LogP) is 1.79. The van der Waals surface area contributed by atoms with E-state index in [9.17, 15) is 19.2 Å². The quantitative estimate of drug-likeness (QED) is 0.314. The van der Waals surface area contributed by atoms with E-state index < -0.39 is 47.0 Å². The maximum atomic E-state index is 13.1. The van der Waals surface area contributed by atoms with E-state index in [2.05, 4.69) is 0 Å². The molecule has 0 bridgehead atoms. The zero-order valence-electron chi connectivity index (χ0n) is 15.8. The van der Waals surface area contributed by atoms with E-state index in [0.717, 1.165) is 30.4 Å². The number of esters is 4. The van der Waals surface area contributed by atoms with Gasteiger partial charge in [0.2, 0.25) is 0 Å². The number of hydrogen-bond acceptors (Lipinski definition) is 7. The normalized spacial score (nSPS) is 36.5. The average Bonchev–Trinajstić information content (AvgIpc) is 3.13. The highest BCUT2D eigenvalue weighted by Crippen LogP contribution is 2.66. The Labute approximate surface area is 157 Å². The van der Waals surface area contributed by atoms with Crippen molar-refractivity contribution in [2.45, 2.75) is 39.0 Å². The minimum absolute atomic E-state index is 0.0198. The molecule has 0 radical (unpaired) electrons. The summed E-state index contributed by atoms with van der Waals surface area (Å²) in [6, 6.07) is 0. The molecule has 3 fully saturated rings. The Morgan fingerprint density at radius 2 is 1.63 bits per heavy atom. The van der Waals surface area contributed by atoms with Gasteiger partial charge in [-0.2, -0.15) is 0 Å². The van der Waals surface area contributed by atoms with E-state index in [1.54, 1.807) is 0 Å².